The maximum Gasteiger partial charge on any atom is 0.358 e. The van der Waals surface area contributed by atoms with Crippen LogP contribution in [0.2, 0.25) is 0 Å². The van der Waals surface area contributed by atoms with Crippen molar-refractivity contribution >= 4 is 11.6 Å². The van der Waals surface area contributed by atoms with Crippen LogP contribution in [0.1, 0.15) is 75.3 Å². The Kier molecular flexibility index (Phi) is 4.61. The highest BCUT2D eigenvalue weighted by molar-refractivity contribution is 5.88. The average Bonchev–Trinajstić information content (AvgIpc) is 3.14. The normalized spacial score (nSPS) is 16.0. The van der Waals surface area contributed by atoms with Gasteiger partial charge in [-0.05, 0) is 25.3 Å². The van der Waals surface area contributed by atoms with Crippen molar-refractivity contribution < 1.29 is 9.53 Å². The summed E-state index contributed by atoms with van der Waals surface area (Å²) in [6.07, 6.45) is 6.27. The van der Waals surface area contributed by atoms with E-state index in [2.05, 4.69) is 31.9 Å². The molecule has 1 aliphatic rings. The third-order valence-corrected chi connectivity index (χ3v) is 4.71. The Balaban J connectivity index is 2.03. The largest absolute Gasteiger partial charge is 0.461 e. The van der Waals surface area contributed by atoms with Crippen LogP contribution < -0.4 is 0 Å². The molecule has 0 N–H and O–H groups in total. The Bertz CT molecular complexity index is 737. The van der Waals surface area contributed by atoms with Crippen LogP contribution in [-0.2, 0) is 16.6 Å². The van der Waals surface area contributed by atoms with Gasteiger partial charge in [-0.2, -0.15) is 5.10 Å². The third-order valence-electron chi connectivity index (χ3n) is 4.71. The maximum atomic E-state index is 12.0. The molecule has 130 valence electrons. The predicted molar refractivity (Wildman–Crippen MR) is 93.3 cm³/mol. The number of carbonyl (C=O) groups is 1. The van der Waals surface area contributed by atoms with Crippen molar-refractivity contribution in [2.24, 2.45) is 5.92 Å². The molecule has 0 bridgehead atoms. The summed E-state index contributed by atoms with van der Waals surface area (Å²) in [5.74, 6) is 0.348. The van der Waals surface area contributed by atoms with Crippen LogP contribution in [-0.4, -0.2) is 27.2 Å². The first-order chi connectivity index (χ1) is 11.4. The Labute approximate surface area is 143 Å². The van der Waals surface area contributed by atoms with Crippen LogP contribution in [0.25, 0.3) is 5.65 Å². The van der Waals surface area contributed by atoms with E-state index in [1.54, 1.807) is 17.5 Å². The van der Waals surface area contributed by atoms with Crippen LogP contribution in [0.3, 0.4) is 0 Å². The molecule has 1 fully saturated rings. The van der Waals surface area contributed by atoms with Crippen molar-refractivity contribution in [1.82, 2.24) is 14.6 Å². The molecule has 0 saturated heterocycles. The lowest BCUT2D eigenvalue weighted by Gasteiger charge is -2.21. The summed E-state index contributed by atoms with van der Waals surface area (Å²) in [5, 5.41) is 4.45. The fraction of sp³-hybridized carbons (Fsp3) is 0.632. The third kappa shape index (κ3) is 3.45. The van der Waals surface area contributed by atoms with E-state index in [1.807, 2.05) is 0 Å². The first-order valence-corrected chi connectivity index (χ1v) is 8.96. The molecule has 5 nitrogen and oxygen atoms in total. The molecule has 1 aliphatic carbocycles. The summed E-state index contributed by atoms with van der Waals surface area (Å²) in [6, 6.07) is 3.90. The molecular weight excluding hydrogens is 302 g/mol. The van der Waals surface area contributed by atoms with Crippen molar-refractivity contribution in [1.29, 1.82) is 0 Å². The highest BCUT2D eigenvalue weighted by Gasteiger charge is 2.24. The van der Waals surface area contributed by atoms with E-state index in [0.29, 0.717) is 12.3 Å². The first-order valence-electron chi connectivity index (χ1n) is 8.96. The summed E-state index contributed by atoms with van der Waals surface area (Å²) in [4.78, 5) is 16.8. The topological polar surface area (TPSA) is 56.5 Å². The molecule has 0 spiro atoms. The second-order valence-corrected chi connectivity index (χ2v) is 7.76. The van der Waals surface area contributed by atoms with Gasteiger partial charge in [0.25, 0.3) is 0 Å². The summed E-state index contributed by atoms with van der Waals surface area (Å²) in [5.41, 5.74) is 3.17. The number of hydrogen-bond acceptors (Lipinski definition) is 4. The zero-order valence-electron chi connectivity index (χ0n) is 15.1. The molecule has 0 unspecified atom stereocenters. The number of rotatable bonds is 4. The van der Waals surface area contributed by atoms with Gasteiger partial charge < -0.3 is 4.74 Å². The van der Waals surface area contributed by atoms with Crippen LogP contribution in [0, 0.1) is 5.92 Å². The number of ether oxygens (including phenoxy) is 1. The number of aromatic nitrogens is 3. The number of hydrogen-bond donors (Lipinski definition) is 0. The van der Waals surface area contributed by atoms with E-state index < -0.39 is 0 Å². The Hall–Kier alpha value is -1.91. The van der Waals surface area contributed by atoms with E-state index in [-0.39, 0.29) is 11.4 Å². The minimum atomic E-state index is -0.389. The zero-order valence-corrected chi connectivity index (χ0v) is 15.1. The SMILES string of the molecule is CCOC(=O)c1cc2nc(CC3CCCC3)cc(C(C)(C)C)n2n1. The molecule has 3 rings (SSSR count). The molecule has 2 aromatic rings. The van der Waals surface area contributed by atoms with Gasteiger partial charge in [-0.25, -0.2) is 14.3 Å². The molecule has 5 heteroatoms. The number of nitrogens with zero attached hydrogens (tertiary/aromatic N) is 3. The Morgan fingerprint density at radius 2 is 2.00 bits per heavy atom. The summed E-state index contributed by atoms with van der Waals surface area (Å²) in [6.45, 7) is 8.62. The smallest absolute Gasteiger partial charge is 0.358 e. The quantitative estimate of drug-likeness (QED) is 0.797. The van der Waals surface area contributed by atoms with E-state index in [0.717, 1.165) is 29.4 Å². The standard InChI is InChI=1S/C19H27N3O2/c1-5-24-18(23)15-12-17-20-14(10-13-8-6-7-9-13)11-16(19(2,3)4)22(17)21-15/h11-13H,5-10H2,1-4H3. The van der Waals surface area contributed by atoms with E-state index in [1.165, 1.54) is 25.7 Å². The van der Waals surface area contributed by atoms with Gasteiger partial charge in [-0.3, -0.25) is 0 Å². The monoisotopic (exact) mass is 329 g/mol. The van der Waals surface area contributed by atoms with Crippen LogP contribution in [0.4, 0.5) is 0 Å². The molecule has 2 aromatic heterocycles. The van der Waals surface area contributed by atoms with E-state index in [9.17, 15) is 4.79 Å². The van der Waals surface area contributed by atoms with Gasteiger partial charge in [0, 0.05) is 17.2 Å². The van der Waals surface area contributed by atoms with Crippen molar-refractivity contribution in [3.05, 3.63) is 29.2 Å². The molecule has 0 radical (unpaired) electrons. The van der Waals surface area contributed by atoms with Crippen molar-refractivity contribution in [3.63, 3.8) is 0 Å². The highest BCUT2D eigenvalue weighted by Crippen LogP contribution is 2.30. The molecular formula is C19H27N3O2. The molecule has 2 heterocycles. The lowest BCUT2D eigenvalue weighted by atomic mass is 9.90. The van der Waals surface area contributed by atoms with Gasteiger partial charge in [0.1, 0.15) is 0 Å². The minimum Gasteiger partial charge on any atom is -0.461 e. The number of fused-ring (bicyclic) bond motifs is 1. The summed E-state index contributed by atoms with van der Waals surface area (Å²) >= 11 is 0. The molecule has 0 aliphatic heterocycles. The fourth-order valence-corrected chi connectivity index (χ4v) is 3.48. The zero-order chi connectivity index (χ0) is 17.3. The lowest BCUT2D eigenvalue weighted by molar-refractivity contribution is 0.0519. The van der Waals surface area contributed by atoms with Gasteiger partial charge >= 0.3 is 5.97 Å². The summed E-state index contributed by atoms with van der Waals surface area (Å²) in [7, 11) is 0. The first kappa shape index (κ1) is 16.9. The van der Waals surface area contributed by atoms with Crippen molar-refractivity contribution in [2.75, 3.05) is 6.61 Å². The van der Waals surface area contributed by atoms with Crippen LogP contribution >= 0.6 is 0 Å². The van der Waals surface area contributed by atoms with Crippen molar-refractivity contribution in [3.8, 4) is 0 Å². The minimum absolute atomic E-state index is 0.0798. The highest BCUT2D eigenvalue weighted by atomic mass is 16.5. The second kappa shape index (κ2) is 6.54. The van der Waals surface area contributed by atoms with Gasteiger partial charge in [-0.1, -0.05) is 46.5 Å². The van der Waals surface area contributed by atoms with Gasteiger partial charge in [-0.15, -0.1) is 0 Å². The lowest BCUT2D eigenvalue weighted by Crippen LogP contribution is -2.19. The summed E-state index contributed by atoms with van der Waals surface area (Å²) < 4.78 is 6.87. The molecule has 24 heavy (non-hydrogen) atoms. The predicted octanol–water partition coefficient (Wildman–Crippen LogP) is 3.94. The number of esters is 1. The average molecular weight is 329 g/mol. The van der Waals surface area contributed by atoms with E-state index >= 15 is 0 Å². The Morgan fingerprint density at radius 3 is 2.62 bits per heavy atom. The number of carbonyl (C=O) groups excluding carboxylic acids is 1. The maximum absolute atomic E-state index is 12.0. The van der Waals surface area contributed by atoms with Crippen LogP contribution in [0.15, 0.2) is 12.1 Å². The van der Waals surface area contributed by atoms with Crippen LogP contribution in [0.5, 0.6) is 0 Å². The van der Waals surface area contributed by atoms with Crippen molar-refractivity contribution in [2.45, 2.75) is 65.2 Å². The molecule has 0 atom stereocenters. The van der Waals surface area contributed by atoms with Gasteiger partial charge in [0.05, 0.1) is 12.3 Å². The Morgan fingerprint density at radius 1 is 1.29 bits per heavy atom. The molecule has 1 saturated carbocycles. The fourth-order valence-electron chi connectivity index (χ4n) is 3.48. The second-order valence-electron chi connectivity index (χ2n) is 7.76. The van der Waals surface area contributed by atoms with E-state index in [4.69, 9.17) is 9.72 Å². The van der Waals surface area contributed by atoms with Gasteiger partial charge in [0.15, 0.2) is 11.3 Å². The molecule has 0 aromatic carbocycles. The molecule has 0 amide bonds. The van der Waals surface area contributed by atoms with Gasteiger partial charge in [0.2, 0.25) is 0 Å².